The summed E-state index contributed by atoms with van der Waals surface area (Å²) in [7, 11) is 0. The first-order valence-corrected chi connectivity index (χ1v) is 7.33. The third kappa shape index (κ3) is 2.51. The number of hydrogen-bond donors (Lipinski definition) is 1. The van der Waals surface area contributed by atoms with Crippen LogP contribution in [0.2, 0.25) is 0 Å². The zero-order valence-electron chi connectivity index (χ0n) is 11.4. The van der Waals surface area contributed by atoms with E-state index >= 15 is 0 Å². The number of aryl methyl sites for hydroxylation is 1. The Hall–Kier alpha value is -1.94. The highest BCUT2D eigenvalue weighted by Gasteiger charge is 2.12. The second-order valence-electron chi connectivity index (χ2n) is 4.88. The largest absolute Gasteiger partial charge is 0.355 e. The first-order valence-electron chi connectivity index (χ1n) is 6.51. The van der Waals surface area contributed by atoms with Gasteiger partial charge in [-0.1, -0.05) is 35.6 Å². The van der Waals surface area contributed by atoms with Crippen molar-refractivity contribution in [2.24, 2.45) is 0 Å². The molecule has 1 aromatic heterocycles. The highest BCUT2D eigenvalue weighted by atomic mass is 32.1. The number of nitrogens with zero attached hydrogens (tertiary/aromatic N) is 1. The third-order valence-corrected chi connectivity index (χ3v) is 4.22. The van der Waals surface area contributed by atoms with Gasteiger partial charge >= 0.3 is 0 Å². The second kappa shape index (κ2) is 5.21. The molecule has 0 fully saturated rings. The Morgan fingerprint density at radius 3 is 2.80 bits per heavy atom. The fourth-order valence-electron chi connectivity index (χ4n) is 2.19. The predicted molar refractivity (Wildman–Crippen MR) is 82.8 cm³/mol. The quantitative estimate of drug-likeness (QED) is 0.739. The average molecular weight is 286 g/mol. The number of nitrogens with one attached hydrogen (secondary N) is 1. The highest BCUT2D eigenvalue weighted by Crippen LogP contribution is 2.29. The number of aromatic nitrogens is 1. The van der Waals surface area contributed by atoms with Crippen molar-refractivity contribution in [3.8, 4) is 0 Å². The van der Waals surface area contributed by atoms with E-state index in [2.05, 4.69) is 28.5 Å². The topological polar surface area (TPSA) is 24.9 Å². The van der Waals surface area contributed by atoms with Crippen LogP contribution in [0.25, 0.3) is 10.2 Å². The maximum Gasteiger partial charge on any atom is 0.184 e. The lowest BCUT2D eigenvalue weighted by atomic mass is 10.1. The van der Waals surface area contributed by atoms with Crippen LogP contribution in [0, 0.1) is 12.7 Å². The van der Waals surface area contributed by atoms with Gasteiger partial charge in [0.15, 0.2) is 5.13 Å². The van der Waals surface area contributed by atoms with Gasteiger partial charge in [-0.25, -0.2) is 9.37 Å². The van der Waals surface area contributed by atoms with Crippen molar-refractivity contribution in [3.63, 3.8) is 0 Å². The monoisotopic (exact) mass is 286 g/mol. The summed E-state index contributed by atoms with van der Waals surface area (Å²) in [5.41, 5.74) is 2.83. The molecule has 2 nitrogen and oxygen atoms in total. The molecule has 0 amide bonds. The molecule has 0 aliphatic rings. The average Bonchev–Trinajstić information content (AvgIpc) is 2.80. The lowest BCUT2D eigenvalue weighted by Crippen LogP contribution is -2.08. The van der Waals surface area contributed by atoms with Gasteiger partial charge in [0.2, 0.25) is 0 Å². The Kier molecular flexibility index (Phi) is 3.40. The maximum atomic E-state index is 13.7. The molecule has 0 spiro atoms. The summed E-state index contributed by atoms with van der Waals surface area (Å²) in [6, 6.07) is 12.9. The Morgan fingerprint density at radius 1 is 1.20 bits per heavy atom. The van der Waals surface area contributed by atoms with Crippen LogP contribution < -0.4 is 5.32 Å². The summed E-state index contributed by atoms with van der Waals surface area (Å²) in [5, 5.41) is 4.10. The van der Waals surface area contributed by atoms with Gasteiger partial charge in [-0.2, -0.15) is 0 Å². The number of hydrogen-bond acceptors (Lipinski definition) is 3. The molecule has 20 heavy (non-hydrogen) atoms. The van der Waals surface area contributed by atoms with Gasteiger partial charge in [-0.15, -0.1) is 0 Å². The second-order valence-corrected chi connectivity index (χ2v) is 5.91. The molecule has 0 bridgehead atoms. The van der Waals surface area contributed by atoms with E-state index in [0.717, 1.165) is 15.3 Å². The first kappa shape index (κ1) is 13.1. The van der Waals surface area contributed by atoms with Crippen molar-refractivity contribution in [1.82, 2.24) is 4.98 Å². The summed E-state index contributed by atoms with van der Waals surface area (Å²) in [6.07, 6.45) is 0. The molecule has 0 aliphatic heterocycles. The molecule has 0 saturated carbocycles. The van der Waals surface area contributed by atoms with Gasteiger partial charge in [0.25, 0.3) is 0 Å². The van der Waals surface area contributed by atoms with Crippen LogP contribution >= 0.6 is 11.3 Å². The predicted octanol–water partition coefficient (Wildman–Crippen LogP) is 4.92. The molecule has 0 radical (unpaired) electrons. The summed E-state index contributed by atoms with van der Waals surface area (Å²) < 4.78 is 14.9. The summed E-state index contributed by atoms with van der Waals surface area (Å²) >= 11 is 1.59. The van der Waals surface area contributed by atoms with E-state index in [0.29, 0.717) is 5.56 Å². The molecule has 2 aromatic carbocycles. The van der Waals surface area contributed by atoms with Crippen LogP contribution in [-0.4, -0.2) is 4.98 Å². The van der Waals surface area contributed by atoms with Crippen molar-refractivity contribution >= 4 is 26.7 Å². The van der Waals surface area contributed by atoms with Gasteiger partial charge in [0, 0.05) is 5.56 Å². The van der Waals surface area contributed by atoms with Gasteiger partial charge in [0.05, 0.1) is 16.3 Å². The SMILES string of the molecule is Cc1ccc2sc(NC(C)c3ccccc3F)nc2c1. The van der Waals surface area contributed by atoms with Crippen LogP contribution in [0.15, 0.2) is 42.5 Å². The van der Waals surface area contributed by atoms with E-state index in [-0.39, 0.29) is 11.9 Å². The molecule has 1 atom stereocenters. The standard InChI is InChI=1S/C16H15FN2S/c1-10-7-8-15-14(9-10)19-16(20-15)18-11(2)12-5-3-4-6-13(12)17/h3-9,11H,1-2H3,(H,18,19). The van der Waals surface area contributed by atoms with Crippen LogP contribution in [0.1, 0.15) is 24.1 Å². The number of benzene rings is 2. The lowest BCUT2D eigenvalue weighted by Gasteiger charge is -2.13. The summed E-state index contributed by atoms with van der Waals surface area (Å²) in [6.45, 7) is 3.99. The van der Waals surface area contributed by atoms with Gasteiger partial charge in [-0.05, 0) is 37.6 Å². The summed E-state index contributed by atoms with van der Waals surface area (Å²) in [5.74, 6) is -0.190. The van der Waals surface area contributed by atoms with E-state index in [9.17, 15) is 4.39 Å². The number of halogens is 1. The Morgan fingerprint density at radius 2 is 2.00 bits per heavy atom. The molecule has 0 saturated heterocycles. The first-order chi connectivity index (χ1) is 9.63. The minimum atomic E-state index is -0.190. The Bertz CT molecular complexity index is 751. The fraction of sp³-hybridized carbons (Fsp3) is 0.188. The van der Waals surface area contributed by atoms with Crippen molar-refractivity contribution in [1.29, 1.82) is 0 Å². The molecule has 3 aromatic rings. The van der Waals surface area contributed by atoms with E-state index in [1.165, 1.54) is 11.6 Å². The Balaban J connectivity index is 1.87. The minimum absolute atomic E-state index is 0.113. The van der Waals surface area contributed by atoms with Crippen molar-refractivity contribution < 1.29 is 4.39 Å². The normalized spacial score (nSPS) is 12.6. The van der Waals surface area contributed by atoms with Crippen LogP contribution in [0.4, 0.5) is 9.52 Å². The molecule has 1 unspecified atom stereocenters. The van der Waals surface area contributed by atoms with Gasteiger partial charge < -0.3 is 5.32 Å². The zero-order valence-corrected chi connectivity index (χ0v) is 12.2. The van der Waals surface area contributed by atoms with Crippen molar-refractivity contribution in [2.45, 2.75) is 19.9 Å². The van der Waals surface area contributed by atoms with E-state index in [1.807, 2.05) is 19.9 Å². The maximum absolute atomic E-state index is 13.7. The number of fused-ring (bicyclic) bond motifs is 1. The third-order valence-electron chi connectivity index (χ3n) is 3.25. The number of thiazole rings is 1. The molecule has 0 aliphatic carbocycles. The number of rotatable bonds is 3. The molecule has 4 heteroatoms. The summed E-state index contributed by atoms with van der Waals surface area (Å²) in [4.78, 5) is 4.55. The lowest BCUT2D eigenvalue weighted by molar-refractivity contribution is 0.600. The molecule has 1 heterocycles. The van der Waals surface area contributed by atoms with Gasteiger partial charge in [0.1, 0.15) is 5.82 Å². The molecular formula is C16H15FN2S. The van der Waals surface area contributed by atoms with Crippen LogP contribution in [0.3, 0.4) is 0 Å². The van der Waals surface area contributed by atoms with E-state index in [1.54, 1.807) is 23.5 Å². The number of anilines is 1. The molecule has 3 rings (SSSR count). The van der Waals surface area contributed by atoms with Crippen LogP contribution in [-0.2, 0) is 0 Å². The van der Waals surface area contributed by atoms with Gasteiger partial charge in [-0.3, -0.25) is 0 Å². The van der Waals surface area contributed by atoms with Crippen LogP contribution in [0.5, 0.6) is 0 Å². The smallest absolute Gasteiger partial charge is 0.184 e. The Labute approximate surface area is 121 Å². The molecule has 1 N–H and O–H groups in total. The minimum Gasteiger partial charge on any atom is -0.355 e. The highest BCUT2D eigenvalue weighted by molar-refractivity contribution is 7.22. The van der Waals surface area contributed by atoms with E-state index in [4.69, 9.17) is 0 Å². The fourth-order valence-corrected chi connectivity index (χ4v) is 3.12. The van der Waals surface area contributed by atoms with Crippen molar-refractivity contribution in [2.75, 3.05) is 5.32 Å². The molecule has 102 valence electrons. The zero-order chi connectivity index (χ0) is 14.1. The van der Waals surface area contributed by atoms with E-state index < -0.39 is 0 Å². The van der Waals surface area contributed by atoms with Crippen molar-refractivity contribution in [3.05, 3.63) is 59.4 Å². The molecular weight excluding hydrogens is 271 g/mol.